The SMILES string of the molecule is COc1cccc(C(O)CNC2(CO)CCCCC2)c1. The van der Waals surface area contributed by atoms with E-state index in [1.54, 1.807) is 7.11 Å². The summed E-state index contributed by atoms with van der Waals surface area (Å²) in [7, 11) is 1.62. The van der Waals surface area contributed by atoms with Crippen LogP contribution in [0, 0.1) is 0 Å². The highest BCUT2D eigenvalue weighted by Crippen LogP contribution is 2.28. The predicted octanol–water partition coefficient (Wildman–Crippen LogP) is 2.01. The van der Waals surface area contributed by atoms with E-state index in [1.165, 1.54) is 6.42 Å². The van der Waals surface area contributed by atoms with Gasteiger partial charge < -0.3 is 20.3 Å². The zero-order valence-corrected chi connectivity index (χ0v) is 12.1. The molecule has 2 rings (SSSR count). The summed E-state index contributed by atoms with van der Waals surface area (Å²) >= 11 is 0. The summed E-state index contributed by atoms with van der Waals surface area (Å²) in [5.41, 5.74) is 0.624. The number of benzene rings is 1. The zero-order valence-electron chi connectivity index (χ0n) is 12.1. The topological polar surface area (TPSA) is 61.7 Å². The van der Waals surface area contributed by atoms with Gasteiger partial charge in [-0.25, -0.2) is 0 Å². The Kier molecular flexibility index (Phi) is 5.40. The maximum absolute atomic E-state index is 10.3. The molecule has 0 heterocycles. The van der Waals surface area contributed by atoms with Crippen LogP contribution >= 0.6 is 0 Å². The summed E-state index contributed by atoms with van der Waals surface area (Å²) in [6.07, 6.45) is 4.89. The number of β-amino-alcohol motifs (C(OH)–C–C–N with tert-alkyl or cyclic N) is 1. The molecule has 0 aliphatic heterocycles. The summed E-state index contributed by atoms with van der Waals surface area (Å²) in [5, 5.41) is 23.3. The molecular weight excluding hydrogens is 254 g/mol. The molecule has 1 aromatic carbocycles. The minimum Gasteiger partial charge on any atom is -0.497 e. The second-order valence-corrected chi connectivity index (χ2v) is 5.67. The Morgan fingerprint density at radius 2 is 2.05 bits per heavy atom. The first-order valence-electron chi connectivity index (χ1n) is 7.37. The van der Waals surface area contributed by atoms with E-state index in [0.717, 1.165) is 37.0 Å². The molecule has 0 bridgehead atoms. The van der Waals surface area contributed by atoms with Crippen molar-refractivity contribution in [2.45, 2.75) is 43.7 Å². The molecule has 0 saturated heterocycles. The van der Waals surface area contributed by atoms with Gasteiger partial charge in [-0.2, -0.15) is 0 Å². The van der Waals surface area contributed by atoms with Crippen molar-refractivity contribution in [3.05, 3.63) is 29.8 Å². The molecular formula is C16H25NO3. The van der Waals surface area contributed by atoms with Gasteiger partial charge in [0.1, 0.15) is 5.75 Å². The smallest absolute Gasteiger partial charge is 0.119 e. The Morgan fingerprint density at radius 3 is 2.70 bits per heavy atom. The van der Waals surface area contributed by atoms with Crippen LogP contribution in [0.15, 0.2) is 24.3 Å². The normalized spacial score (nSPS) is 19.6. The van der Waals surface area contributed by atoms with Crippen LogP contribution in [0.5, 0.6) is 5.75 Å². The van der Waals surface area contributed by atoms with E-state index in [9.17, 15) is 10.2 Å². The Morgan fingerprint density at radius 1 is 1.30 bits per heavy atom. The van der Waals surface area contributed by atoms with Crippen LogP contribution in [0.1, 0.15) is 43.8 Å². The third kappa shape index (κ3) is 3.72. The molecule has 0 spiro atoms. The number of methoxy groups -OCH3 is 1. The molecule has 1 unspecified atom stereocenters. The summed E-state index contributed by atoms with van der Waals surface area (Å²) in [5.74, 6) is 0.746. The van der Waals surface area contributed by atoms with Crippen molar-refractivity contribution in [3.63, 3.8) is 0 Å². The molecule has 0 amide bonds. The summed E-state index contributed by atoms with van der Waals surface area (Å²) < 4.78 is 5.17. The van der Waals surface area contributed by atoms with Gasteiger partial charge in [-0.3, -0.25) is 0 Å². The first kappa shape index (κ1) is 15.3. The molecule has 20 heavy (non-hydrogen) atoms. The zero-order chi connectivity index (χ0) is 14.4. The lowest BCUT2D eigenvalue weighted by Gasteiger charge is -2.37. The quantitative estimate of drug-likeness (QED) is 0.745. The number of rotatable bonds is 6. The van der Waals surface area contributed by atoms with Crippen molar-refractivity contribution in [2.75, 3.05) is 20.3 Å². The summed E-state index contributed by atoms with van der Waals surface area (Å²) in [6.45, 7) is 0.589. The van der Waals surface area contributed by atoms with Gasteiger partial charge >= 0.3 is 0 Å². The van der Waals surface area contributed by atoms with E-state index in [4.69, 9.17) is 4.74 Å². The highest BCUT2D eigenvalue weighted by atomic mass is 16.5. The maximum atomic E-state index is 10.3. The molecule has 1 aromatic rings. The van der Waals surface area contributed by atoms with Gasteiger partial charge in [0.15, 0.2) is 0 Å². The molecule has 0 aromatic heterocycles. The van der Waals surface area contributed by atoms with Gasteiger partial charge in [0.25, 0.3) is 0 Å². The number of aliphatic hydroxyl groups is 2. The Balaban J connectivity index is 1.94. The molecule has 1 saturated carbocycles. The Hall–Kier alpha value is -1.10. The number of nitrogens with one attached hydrogen (secondary N) is 1. The van der Waals surface area contributed by atoms with Gasteiger partial charge in [0, 0.05) is 12.1 Å². The van der Waals surface area contributed by atoms with Crippen LogP contribution in [0.3, 0.4) is 0 Å². The van der Waals surface area contributed by atoms with Crippen LogP contribution in [0.2, 0.25) is 0 Å². The lowest BCUT2D eigenvalue weighted by atomic mass is 9.82. The van der Waals surface area contributed by atoms with Crippen LogP contribution < -0.4 is 10.1 Å². The molecule has 1 fully saturated rings. The number of aliphatic hydroxyl groups excluding tert-OH is 2. The van der Waals surface area contributed by atoms with Gasteiger partial charge in [0.05, 0.1) is 19.8 Å². The Labute approximate surface area is 120 Å². The lowest BCUT2D eigenvalue weighted by molar-refractivity contribution is 0.0943. The lowest BCUT2D eigenvalue weighted by Crippen LogP contribution is -2.51. The standard InChI is InChI=1S/C16H25NO3/c1-20-14-7-5-6-13(10-14)15(19)11-17-16(12-18)8-3-2-4-9-16/h5-7,10,15,17-19H,2-4,8-9,11-12H2,1H3. The van der Waals surface area contributed by atoms with E-state index >= 15 is 0 Å². The molecule has 1 atom stereocenters. The molecule has 4 nitrogen and oxygen atoms in total. The van der Waals surface area contributed by atoms with Crippen LogP contribution in [-0.2, 0) is 0 Å². The van der Waals surface area contributed by atoms with Crippen molar-refractivity contribution in [1.82, 2.24) is 5.32 Å². The predicted molar refractivity (Wildman–Crippen MR) is 78.9 cm³/mol. The van der Waals surface area contributed by atoms with E-state index in [2.05, 4.69) is 5.32 Å². The van der Waals surface area contributed by atoms with E-state index in [1.807, 2.05) is 24.3 Å². The van der Waals surface area contributed by atoms with E-state index < -0.39 is 6.10 Å². The molecule has 4 heteroatoms. The first-order valence-corrected chi connectivity index (χ1v) is 7.37. The molecule has 1 aliphatic rings. The molecule has 1 aliphatic carbocycles. The largest absolute Gasteiger partial charge is 0.497 e. The average Bonchev–Trinajstić information content (AvgIpc) is 2.53. The van der Waals surface area contributed by atoms with Gasteiger partial charge in [-0.15, -0.1) is 0 Å². The van der Waals surface area contributed by atoms with Crippen molar-refractivity contribution >= 4 is 0 Å². The average molecular weight is 279 g/mol. The molecule has 3 N–H and O–H groups in total. The summed E-state index contributed by atoms with van der Waals surface area (Å²) in [4.78, 5) is 0. The van der Waals surface area contributed by atoms with Crippen molar-refractivity contribution < 1.29 is 14.9 Å². The minimum absolute atomic E-state index is 0.137. The van der Waals surface area contributed by atoms with Crippen molar-refractivity contribution in [3.8, 4) is 5.75 Å². The van der Waals surface area contributed by atoms with E-state index in [0.29, 0.717) is 6.54 Å². The first-order chi connectivity index (χ1) is 9.69. The van der Waals surface area contributed by atoms with Gasteiger partial charge in [-0.1, -0.05) is 31.4 Å². The van der Waals surface area contributed by atoms with Gasteiger partial charge in [-0.05, 0) is 30.5 Å². The highest BCUT2D eigenvalue weighted by Gasteiger charge is 2.31. The van der Waals surface area contributed by atoms with Crippen molar-refractivity contribution in [2.24, 2.45) is 0 Å². The fourth-order valence-electron chi connectivity index (χ4n) is 2.90. The number of hydrogen-bond donors (Lipinski definition) is 3. The monoisotopic (exact) mass is 279 g/mol. The number of ether oxygens (including phenoxy) is 1. The fraction of sp³-hybridized carbons (Fsp3) is 0.625. The van der Waals surface area contributed by atoms with Crippen LogP contribution in [-0.4, -0.2) is 36.0 Å². The molecule has 0 radical (unpaired) electrons. The van der Waals surface area contributed by atoms with E-state index in [-0.39, 0.29) is 12.1 Å². The fourth-order valence-corrected chi connectivity index (χ4v) is 2.90. The Bertz CT molecular complexity index is 416. The van der Waals surface area contributed by atoms with Gasteiger partial charge in [0.2, 0.25) is 0 Å². The third-order valence-electron chi connectivity index (χ3n) is 4.26. The minimum atomic E-state index is -0.588. The van der Waals surface area contributed by atoms with Crippen LogP contribution in [0.25, 0.3) is 0 Å². The molecule has 112 valence electrons. The number of hydrogen-bond acceptors (Lipinski definition) is 4. The summed E-state index contributed by atoms with van der Waals surface area (Å²) in [6, 6.07) is 7.47. The highest BCUT2D eigenvalue weighted by molar-refractivity contribution is 5.29. The third-order valence-corrected chi connectivity index (χ3v) is 4.26. The maximum Gasteiger partial charge on any atom is 0.119 e. The van der Waals surface area contributed by atoms with Crippen LogP contribution in [0.4, 0.5) is 0 Å². The second kappa shape index (κ2) is 7.07. The second-order valence-electron chi connectivity index (χ2n) is 5.67. The van der Waals surface area contributed by atoms with Crippen molar-refractivity contribution in [1.29, 1.82) is 0 Å².